The monoisotopic (exact) mass is 209 g/mol. The van der Waals surface area contributed by atoms with Gasteiger partial charge in [-0.2, -0.15) is 0 Å². The number of nitrogens with zero attached hydrogens (tertiary/aromatic N) is 1. The van der Waals surface area contributed by atoms with Crippen LogP contribution in [0.2, 0.25) is 0 Å². The summed E-state index contributed by atoms with van der Waals surface area (Å²) in [6.45, 7) is 5.94. The maximum Gasteiger partial charge on any atom is 0.128 e. The first kappa shape index (κ1) is 9.59. The Morgan fingerprint density at radius 3 is 2.71 bits per heavy atom. The molecule has 1 nitrogen and oxygen atoms in total. The summed E-state index contributed by atoms with van der Waals surface area (Å²) < 4.78 is 14.6. The predicted molar refractivity (Wildman–Crippen MR) is 58.4 cm³/mol. The highest BCUT2D eigenvalue weighted by molar-refractivity contribution is 7.18. The number of aryl methyl sites for hydroxylation is 1. The number of hydrogen-bond donors (Lipinski definition) is 0. The zero-order valence-electron chi connectivity index (χ0n) is 8.47. The van der Waals surface area contributed by atoms with Crippen LogP contribution in [0.5, 0.6) is 0 Å². The molecule has 0 aliphatic carbocycles. The van der Waals surface area contributed by atoms with Crippen molar-refractivity contribution < 1.29 is 4.39 Å². The van der Waals surface area contributed by atoms with Crippen LogP contribution in [0.3, 0.4) is 0 Å². The molecule has 0 saturated carbocycles. The van der Waals surface area contributed by atoms with E-state index >= 15 is 0 Å². The smallest absolute Gasteiger partial charge is 0.128 e. The van der Waals surface area contributed by atoms with Crippen LogP contribution < -0.4 is 0 Å². The molecule has 0 atom stereocenters. The third-order valence-corrected chi connectivity index (χ3v) is 3.17. The molecule has 0 fully saturated rings. The Balaban J connectivity index is 2.70. The fraction of sp³-hybridized carbons (Fsp3) is 0.364. The molecule has 0 saturated heterocycles. The molecule has 0 spiro atoms. The summed E-state index contributed by atoms with van der Waals surface area (Å²) in [5.41, 5.74) is 1.55. The van der Waals surface area contributed by atoms with Gasteiger partial charge in [-0.3, -0.25) is 0 Å². The Kier molecular flexibility index (Phi) is 2.27. The van der Waals surface area contributed by atoms with Gasteiger partial charge in [-0.15, -0.1) is 11.3 Å². The number of rotatable bonds is 1. The lowest BCUT2D eigenvalue weighted by Crippen LogP contribution is -1.92. The number of benzene rings is 1. The molecule has 74 valence electrons. The van der Waals surface area contributed by atoms with Crippen molar-refractivity contribution in [3.8, 4) is 0 Å². The topological polar surface area (TPSA) is 12.9 Å². The van der Waals surface area contributed by atoms with Crippen molar-refractivity contribution in [1.29, 1.82) is 0 Å². The second-order valence-corrected chi connectivity index (χ2v) is 4.96. The minimum absolute atomic E-state index is 0.141. The van der Waals surface area contributed by atoms with Crippen molar-refractivity contribution in [2.45, 2.75) is 26.7 Å². The molecular formula is C11H12FNS. The highest BCUT2D eigenvalue weighted by Crippen LogP contribution is 2.28. The van der Waals surface area contributed by atoms with E-state index in [4.69, 9.17) is 0 Å². The van der Waals surface area contributed by atoms with Gasteiger partial charge >= 0.3 is 0 Å². The van der Waals surface area contributed by atoms with Gasteiger partial charge in [0.15, 0.2) is 0 Å². The molecule has 0 unspecified atom stereocenters. The van der Waals surface area contributed by atoms with Crippen LogP contribution in [-0.4, -0.2) is 4.98 Å². The molecule has 1 heterocycles. The summed E-state index contributed by atoms with van der Waals surface area (Å²) in [6.07, 6.45) is 0. The van der Waals surface area contributed by atoms with Gasteiger partial charge in [0.1, 0.15) is 5.82 Å². The number of hydrogen-bond acceptors (Lipinski definition) is 2. The van der Waals surface area contributed by atoms with E-state index in [0.717, 1.165) is 20.8 Å². The van der Waals surface area contributed by atoms with Crippen LogP contribution in [-0.2, 0) is 0 Å². The van der Waals surface area contributed by atoms with E-state index in [2.05, 4.69) is 4.98 Å². The van der Waals surface area contributed by atoms with Gasteiger partial charge in [0.05, 0.1) is 15.2 Å². The molecule has 14 heavy (non-hydrogen) atoms. The molecule has 3 heteroatoms. The molecule has 2 aromatic rings. The number of halogens is 1. The molecule has 0 N–H and O–H groups in total. The summed E-state index contributed by atoms with van der Waals surface area (Å²) >= 11 is 1.61. The fourth-order valence-electron chi connectivity index (χ4n) is 1.52. The van der Waals surface area contributed by atoms with Gasteiger partial charge in [-0.1, -0.05) is 13.8 Å². The van der Waals surface area contributed by atoms with Gasteiger partial charge in [-0.05, 0) is 24.5 Å². The maximum absolute atomic E-state index is 13.5. The SMILES string of the molecule is Cc1nc2cc(F)c(C(C)C)cc2s1. The first-order valence-corrected chi connectivity index (χ1v) is 5.46. The Hall–Kier alpha value is -0.960. The van der Waals surface area contributed by atoms with Crippen molar-refractivity contribution >= 4 is 21.6 Å². The van der Waals surface area contributed by atoms with Crippen LogP contribution in [0, 0.1) is 12.7 Å². The van der Waals surface area contributed by atoms with Crippen LogP contribution >= 0.6 is 11.3 Å². The Morgan fingerprint density at radius 1 is 1.36 bits per heavy atom. The average molecular weight is 209 g/mol. The van der Waals surface area contributed by atoms with E-state index in [1.807, 2.05) is 26.8 Å². The van der Waals surface area contributed by atoms with Crippen molar-refractivity contribution in [2.75, 3.05) is 0 Å². The van der Waals surface area contributed by atoms with Gasteiger partial charge < -0.3 is 0 Å². The minimum Gasteiger partial charge on any atom is -0.241 e. The lowest BCUT2D eigenvalue weighted by molar-refractivity contribution is 0.600. The predicted octanol–water partition coefficient (Wildman–Crippen LogP) is 3.87. The van der Waals surface area contributed by atoms with Crippen molar-refractivity contribution in [1.82, 2.24) is 4.98 Å². The Bertz CT molecular complexity index is 473. The van der Waals surface area contributed by atoms with E-state index in [1.165, 1.54) is 6.07 Å². The van der Waals surface area contributed by atoms with E-state index in [0.29, 0.717) is 0 Å². The molecule has 1 aromatic carbocycles. The van der Waals surface area contributed by atoms with Gasteiger partial charge in [0, 0.05) is 6.07 Å². The number of aromatic nitrogens is 1. The largest absolute Gasteiger partial charge is 0.241 e. The standard InChI is InChI=1S/C11H12FNS/c1-6(2)8-4-11-10(5-9(8)12)13-7(3)14-11/h4-6H,1-3H3. The average Bonchev–Trinajstić information content (AvgIpc) is 2.42. The molecule has 1 aromatic heterocycles. The fourth-order valence-corrected chi connectivity index (χ4v) is 2.38. The van der Waals surface area contributed by atoms with Crippen molar-refractivity contribution in [3.63, 3.8) is 0 Å². The second kappa shape index (κ2) is 3.31. The van der Waals surface area contributed by atoms with Crippen molar-refractivity contribution in [3.05, 3.63) is 28.5 Å². The Labute approximate surface area is 86.6 Å². The summed E-state index contributed by atoms with van der Waals surface area (Å²) in [5.74, 6) is 0.0830. The van der Waals surface area contributed by atoms with Gasteiger partial charge in [-0.25, -0.2) is 9.37 Å². The molecule has 0 amide bonds. The first-order valence-electron chi connectivity index (χ1n) is 4.64. The minimum atomic E-state index is -0.141. The molecule has 0 radical (unpaired) electrons. The highest BCUT2D eigenvalue weighted by Gasteiger charge is 2.10. The Morgan fingerprint density at radius 2 is 2.07 bits per heavy atom. The maximum atomic E-state index is 13.5. The van der Waals surface area contributed by atoms with E-state index < -0.39 is 0 Å². The quantitative estimate of drug-likeness (QED) is 0.694. The van der Waals surface area contributed by atoms with Crippen LogP contribution in [0.25, 0.3) is 10.2 Å². The second-order valence-electron chi connectivity index (χ2n) is 3.73. The molecule has 0 aliphatic rings. The number of thiazole rings is 1. The molecule has 0 bridgehead atoms. The third-order valence-electron chi connectivity index (χ3n) is 2.24. The summed E-state index contributed by atoms with van der Waals surface area (Å²) in [4.78, 5) is 4.25. The van der Waals surface area contributed by atoms with Crippen molar-refractivity contribution in [2.24, 2.45) is 0 Å². The van der Waals surface area contributed by atoms with Crippen LogP contribution in [0.1, 0.15) is 30.3 Å². The lowest BCUT2D eigenvalue weighted by atomic mass is 10.0. The first-order chi connectivity index (χ1) is 6.58. The summed E-state index contributed by atoms with van der Waals surface area (Å²) in [7, 11) is 0. The number of fused-ring (bicyclic) bond motifs is 1. The lowest BCUT2D eigenvalue weighted by Gasteiger charge is -2.05. The normalized spacial score (nSPS) is 11.5. The van der Waals surface area contributed by atoms with Gasteiger partial charge in [0.2, 0.25) is 0 Å². The third kappa shape index (κ3) is 1.52. The summed E-state index contributed by atoms with van der Waals surface area (Å²) in [5, 5.41) is 0.986. The molecule has 0 aliphatic heterocycles. The van der Waals surface area contributed by atoms with Crippen LogP contribution in [0.4, 0.5) is 4.39 Å². The summed E-state index contributed by atoms with van der Waals surface area (Å²) in [6, 6.07) is 3.45. The van der Waals surface area contributed by atoms with E-state index in [9.17, 15) is 4.39 Å². The highest BCUT2D eigenvalue weighted by atomic mass is 32.1. The molecule has 2 rings (SSSR count). The zero-order chi connectivity index (χ0) is 10.3. The van der Waals surface area contributed by atoms with Crippen LogP contribution in [0.15, 0.2) is 12.1 Å². The zero-order valence-corrected chi connectivity index (χ0v) is 9.28. The van der Waals surface area contributed by atoms with Gasteiger partial charge in [0.25, 0.3) is 0 Å². The van der Waals surface area contributed by atoms with E-state index in [1.54, 1.807) is 11.3 Å². The van der Waals surface area contributed by atoms with E-state index in [-0.39, 0.29) is 11.7 Å². The molecular weight excluding hydrogens is 197 g/mol.